The Balaban J connectivity index is 0.936. The van der Waals surface area contributed by atoms with Crippen molar-refractivity contribution in [2.75, 3.05) is 39.8 Å². The zero-order valence-corrected chi connectivity index (χ0v) is 22.6. The molecule has 0 saturated heterocycles. The second-order valence-corrected chi connectivity index (χ2v) is 10.5. The number of fused-ring (bicyclic) bond motifs is 4. The molecule has 2 saturated carbocycles. The number of ether oxygens (including phenoxy) is 4. The van der Waals surface area contributed by atoms with Gasteiger partial charge in [0.25, 0.3) is 0 Å². The number of carbonyl (C=O) groups is 6. The smallest absolute Gasteiger partial charge is 0.408 e. The molecule has 4 amide bonds. The van der Waals surface area contributed by atoms with Crippen LogP contribution in [0, 0.1) is 35.5 Å². The van der Waals surface area contributed by atoms with Crippen LogP contribution in [0.25, 0.3) is 0 Å². The van der Waals surface area contributed by atoms with Crippen LogP contribution in [0.2, 0.25) is 0 Å². The lowest BCUT2D eigenvalue weighted by atomic mass is 9.94. The van der Waals surface area contributed by atoms with E-state index < -0.39 is 30.4 Å². The molecule has 224 valence electrons. The molecule has 0 aromatic carbocycles. The average Bonchev–Trinajstić information content (AvgIpc) is 3.76. The average molecular weight is 577 g/mol. The number of esters is 2. The zero-order valence-electron chi connectivity index (χ0n) is 22.6. The fourth-order valence-corrected chi connectivity index (χ4v) is 5.67. The number of amides is 4. The van der Waals surface area contributed by atoms with Crippen molar-refractivity contribution in [1.29, 1.82) is 0 Å². The van der Waals surface area contributed by atoms with Crippen molar-refractivity contribution in [3.05, 3.63) is 24.3 Å². The lowest BCUT2D eigenvalue weighted by Gasteiger charge is -2.16. The van der Waals surface area contributed by atoms with E-state index >= 15 is 0 Å². The predicted octanol–water partition coefficient (Wildman–Crippen LogP) is 0.487. The first kappa shape index (κ1) is 29.9. The van der Waals surface area contributed by atoms with Crippen molar-refractivity contribution < 1.29 is 47.7 Å². The number of hydrogen-bond acceptors (Lipinski definition) is 10. The summed E-state index contributed by atoms with van der Waals surface area (Å²) in [6, 6.07) is 0. The highest BCUT2D eigenvalue weighted by Gasteiger charge is 2.41. The molecule has 4 N–H and O–H groups in total. The third-order valence-electron chi connectivity index (χ3n) is 7.64. The van der Waals surface area contributed by atoms with Crippen molar-refractivity contribution >= 4 is 35.9 Å². The van der Waals surface area contributed by atoms with Gasteiger partial charge in [-0.2, -0.15) is 0 Å². The Morgan fingerprint density at radius 1 is 0.537 bits per heavy atom. The van der Waals surface area contributed by atoms with E-state index in [-0.39, 0.29) is 75.4 Å². The van der Waals surface area contributed by atoms with E-state index in [1.54, 1.807) is 0 Å². The maximum Gasteiger partial charge on any atom is 0.408 e. The summed E-state index contributed by atoms with van der Waals surface area (Å²) in [7, 11) is 0. The SMILES string of the molecule is O=C(CC(=O)NCNC(=O)OCCOC(=O)C1CC2C=CC1C2)NCNC(=O)OCCOC(=O)C1CC2C=CC1C2. The summed E-state index contributed by atoms with van der Waals surface area (Å²) >= 11 is 0. The first-order valence-corrected chi connectivity index (χ1v) is 13.8. The van der Waals surface area contributed by atoms with Crippen LogP contribution in [0.1, 0.15) is 32.1 Å². The van der Waals surface area contributed by atoms with Gasteiger partial charge >= 0.3 is 24.1 Å². The summed E-state index contributed by atoms with van der Waals surface area (Å²) in [4.78, 5) is 71.2. The van der Waals surface area contributed by atoms with Gasteiger partial charge in [-0.3, -0.25) is 19.2 Å². The largest absolute Gasteiger partial charge is 0.462 e. The number of nitrogens with one attached hydrogen (secondary N) is 4. The molecule has 0 heterocycles. The molecule has 4 rings (SSSR count). The van der Waals surface area contributed by atoms with Crippen LogP contribution in [-0.2, 0) is 38.1 Å². The third-order valence-corrected chi connectivity index (χ3v) is 7.64. The topological polar surface area (TPSA) is 187 Å². The standard InChI is InChI=1S/C27H36N4O10/c32-22(28-14-30-26(36)40-7-5-38-24(34)20-11-16-1-3-18(20)9-16)13-23(33)29-15-31-27(37)41-8-6-39-25(35)21-12-17-2-4-19(21)10-17/h1-4,16-21H,5-15H2,(H,28,32)(H,29,33)(H,30,36)(H,31,37). The van der Waals surface area contributed by atoms with Crippen molar-refractivity contribution in [3.8, 4) is 0 Å². The first-order chi connectivity index (χ1) is 19.8. The monoisotopic (exact) mass is 576 g/mol. The summed E-state index contributed by atoms with van der Waals surface area (Å²) in [6.07, 6.45) is 9.73. The van der Waals surface area contributed by atoms with Crippen LogP contribution < -0.4 is 21.3 Å². The Labute approximate surface area is 236 Å². The summed E-state index contributed by atoms with van der Waals surface area (Å²) in [5.41, 5.74) is 0. The van der Waals surface area contributed by atoms with Crippen molar-refractivity contribution in [2.24, 2.45) is 35.5 Å². The highest BCUT2D eigenvalue weighted by Crippen LogP contribution is 2.44. The van der Waals surface area contributed by atoms with Gasteiger partial charge in [-0.25, -0.2) is 9.59 Å². The molecule has 41 heavy (non-hydrogen) atoms. The highest BCUT2D eigenvalue weighted by molar-refractivity contribution is 5.96. The maximum absolute atomic E-state index is 12.1. The fourth-order valence-electron chi connectivity index (χ4n) is 5.67. The molecular formula is C27H36N4O10. The second-order valence-electron chi connectivity index (χ2n) is 10.5. The normalized spacial score (nSPS) is 26.2. The van der Waals surface area contributed by atoms with Crippen LogP contribution in [0.15, 0.2) is 24.3 Å². The molecule has 0 spiro atoms. The number of carbonyl (C=O) groups excluding carboxylic acids is 6. The summed E-state index contributed by atoms with van der Waals surface area (Å²) < 4.78 is 20.1. The number of hydrogen-bond donors (Lipinski definition) is 4. The fraction of sp³-hybridized carbons (Fsp3) is 0.630. The van der Waals surface area contributed by atoms with E-state index in [9.17, 15) is 28.8 Å². The predicted molar refractivity (Wildman–Crippen MR) is 139 cm³/mol. The van der Waals surface area contributed by atoms with Gasteiger partial charge in [-0.15, -0.1) is 0 Å². The lowest BCUT2D eigenvalue weighted by Crippen LogP contribution is -2.42. The molecule has 2 fully saturated rings. The molecule has 14 heteroatoms. The Hall–Kier alpha value is -4.10. The molecule has 0 aromatic heterocycles. The summed E-state index contributed by atoms with van der Waals surface area (Å²) in [5.74, 6) is -0.815. The molecule has 14 nitrogen and oxygen atoms in total. The molecule has 0 radical (unpaired) electrons. The van der Waals surface area contributed by atoms with Crippen LogP contribution in [0.4, 0.5) is 9.59 Å². The minimum atomic E-state index is -0.825. The van der Waals surface area contributed by atoms with E-state index in [0.717, 1.165) is 25.7 Å². The van der Waals surface area contributed by atoms with Crippen LogP contribution in [0.3, 0.4) is 0 Å². The van der Waals surface area contributed by atoms with Gasteiger partial charge in [0.1, 0.15) is 32.8 Å². The van der Waals surface area contributed by atoms with Gasteiger partial charge in [0.2, 0.25) is 11.8 Å². The van der Waals surface area contributed by atoms with E-state index in [2.05, 4.69) is 45.6 Å². The van der Waals surface area contributed by atoms with Gasteiger partial charge < -0.3 is 40.2 Å². The Bertz CT molecular complexity index is 994. The molecule has 4 aliphatic carbocycles. The van der Waals surface area contributed by atoms with Crippen LogP contribution in [0.5, 0.6) is 0 Å². The van der Waals surface area contributed by atoms with Gasteiger partial charge in [0, 0.05) is 0 Å². The molecule has 4 bridgehead atoms. The molecule has 6 unspecified atom stereocenters. The Morgan fingerprint density at radius 3 is 1.32 bits per heavy atom. The van der Waals surface area contributed by atoms with Crippen LogP contribution >= 0.6 is 0 Å². The van der Waals surface area contributed by atoms with Gasteiger partial charge in [-0.05, 0) is 49.4 Å². The second kappa shape index (κ2) is 14.5. The minimum absolute atomic E-state index is 0.0649. The van der Waals surface area contributed by atoms with E-state index in [0.29, 0.717) is 11.8 Å². The quantitative estimate of drug-likeness (QED) is 0.0566. The Morgan fingerprint density at radius 2 is 0.951 bits per heavy atom. The molecule has 4 aliphatic rings. The van der Waals surface area contributed by atoms with E-state index in [4.69, 9.17) is 18.9 Å². The lowest BCUT2D eigenvalue weighted by molar-refractivity contribution is -0.151. The van der Waals surface area contributed by atoms with Crippen molar-refractivity contribution in [3.63, 3.8) is 0 Å². The van der Waals surface area contributed by atoms with Gasteiger partial charge in [-0.1, -0.05) is 24.3 Å². The van der Waals surface area contributed by atoms with Crippen molar-refractivity contribution in [2.45, 2.75) is 32.1 Å². The molecular weight excluding hydrogens is 540 g/mol. The van der Waals surface area contributed by atoms with Crippen molar-refractivity contribution in [1.82, 2.24) is 21.3 Å². The summed E-state index contributed by atoms with van der Waals surface area (Å²) in [6.45, 7) is -0.963. The molecule has 6 atom stereocenters. The van der Waals surface area contributed by atoms with Gasteiger partial charge in [0.15, 0.2) is 0 Å². The molecule has 0 aliphatic heterocycles. The third kappa shape index (κ3) is 8.95. The van der Waals surface area contributed by atoms with E-state index in [1.807, 2.05) is 0 Å². The van der Waals surface area contributed by atoms with Crippen LogP contribution in [-0.4, -0.2) is 75.7 Å². The maximum atomic E-state index is 12.1. The first-order valence-electron chi connectivity index (χ1n) is 13.8. The number of alkyl carbamates (subject to hydrolysis) is 2. The number of rotatable bonds is 14. The summed E-state index contributed by atoms with van der Waals surface area (Å²) in [5, 5.41) is 9.20. The zero-order chi connectivity index (χ0) is 29.2. The van der Waals surface area contributed by atoms with Gasteiger partial charge in [0.05, 0.1) is 25.2 Å². The minimum Gasteiger partial charge on any atom is -0.462 e. The number of allylic oxidation sites excluding steroid dienone is 4. The molecule has 0 aromatic rings. The highest BCUT2D eigenvalue weighted by atomic mass is 16.6. The van der Waals surface area contributed by atoms with E-state index in [1.165, 1.54) is 0 Å². The Kier molecular flexibility index (Phi) is 10.6.